The zero-order valence-electron chi connectivity index (χ0n) is 18.7. The molecule has 0 aliphatic carbocycles. The Labute approximate surface area is 188 Å². The molecule has 3 atom stereocenters. The number of epoxide rings is 1. The summed E-state index contributed by atoms with van der Waals surface area (Å²) >= 11 is 0. The minimum atomic E-state index is -1.07. The van der Waals surface area contributed by atoms with E-state index in [1.54, 1.807) is 7.11 Å². The van der Waals surface area contributed by atoms with E-state index in [1.807, 2.05) is 84.8 Å². The smallest absolute Gasteiger partial charge is 0.360 e. The van der Waals surface area contributed by atoms with Crippen LogP contribution >= 0.6 is 0 Å². The lowest BCUT2D eigenvalue weighted by atomic mass is 9.75. The molecule has 2 heterocycles. The number of ether oxygens (including phenoxy) is 2. The lowest BCUT2D eigenvalue weighted by Crippen LogP contribution is -2.56. The number of hydroxylamine groups is 2. The first-order valence-electron chi connectivity index (χ1n) is 10.8. The molecule has 0 N–H and O–H groups in total. The Bertz CT molecular complexity index is 1130. The van der Waals surface area contributed by atoms with E-state index in [2.05, 4.69) is 26.0 Å². The predicted molar refractivity (Wildman–Crippen MR) is 121 cm³/mol. The second-order valence-corrected chi connectivity index (χ2v) is 9.04. The van der Waals surface area contributed by atoms with Crippen LogP contribution in [0.4, 0.5) is 0 Å². The summed E-state index contributed by atoms with van der Waals surface area (Å²) < 4.78 is 11.8. The van der Waals surface area contributed by atoms with Crippen molar-refractivity contribution in [2.45, 2.75) is 43.6 Å². The zero-order chi connectivity index (χ0) is 22.6. The maximum Gasteiger partial charge on any atom is 0.360 e. The van der Waals surface area contributed by atoms with Crippen LogP contribution in [0.1, 0.15) is 43.5 Å². The van der Waals surface area contributed by atoms with Gasteiger partial charge >= 0.3 is 5.97 Å². The summed E-state index contributed by atoms with van der Waals surface area (Å²) in [5, 5.41) is 1.81. The molecule has 0 spiro atoms. The molecule has 5 heteroatoms. The van der Waals surface area contributed by atoms with E-state index in [1.165, 1.54) is 0 Å². The fourth-order valence-corrected chi connectivity index (χ4v) is 4.95. The first kappa shape index (κ1) is 20.7. The van der Waals surface area contributed by atoms with Gasteiger partial charge in [-0.15, -0.1) is 5.06 Å². The van der Waals surface area contributed by atoms with Crippen LogP contribution in [0.5, 0.6) is 5.75 Å². The SMILES string of the molecule is COc1ccc([C@@H]2N(C(C)(C)c3ccccc3)OC(=O)[C@@]3(C)O[C@@]23c2ccccc2)cc1. The highest BCUT2D eigenvalue weighted by atomic mass is 16.8. The van der Waals surface area contributed by atoms with E-state index in [4.69, 9.17) is 14.3 Å². The number of carbonyl (C=O) groups excluding carboxylic acids is 1. The third-order valence-electron chi connectivity index (χ3n) is 6.89. The minimum absolute atomic E-state index is 0.367. The summed E-state index contributed by atoms with van der Waals surface area (Å²) in [6.45, 7) is 5.96. The highest BCUT2D eigenvalue weighted by Gasteiger charge is 2.81. The largest absolute Gasteiger partial charge is 0.497 e. The van der Waals surface area contributed by atoms with E-state index < -0.39 is 16.7 Å². The van der Waals surface area contributed by atoms with Crippen LogP contribution in [0.2, 0.25) is 0 Å². The summed E-state index contributed by atoms with van der Waals surface area (Å²) in [5.74, 6) is 0.388. The normalized spacial score (nSPS) is 27.4. The monoisotopic (exact) mass is 429 g/mol. The Morgan fingerprint density at radius 3 is 2.09 bits per heavy atom. The van der Waals surface area contributed by atoms with Gasteiger partial charge in [-0.3, -0.25) is 0 Å². The average molecular weight is 430 g/mol. The van der Waals surface area contributed by atoms with Crippen LogP contribution in [0.15, 0.2) is 84.9 Å². The van der Waals surface area contributed by atoms with Crippen molar-refractivity contribution in [1.29, 1.82) is 0 Å². The molecule has 32 heavy (non-hydrogen) atoms. The summed E-state index contributed by atoms with van der Waals surface area (Å²) in [4.78, 5) is 19.4. The molecule has 2 aliphatic heterocycles. The van der Waals surface area contributed by atoms with Crippen LogP contribution in [0.25, 0.3) is 0 Å². The van der Waals surface area contributed by atoms with Crippen LogP contribution in [-0.4, -0.2) is 23.7 Å². The molecule has 0 aromatic heterocycles. The van der Waals surface area contributed by atoms with Gasteiger partial charge in [-0.25, -0.2) is 4.79 Å². The van der Waals surface area contributed by atoms with Gasteiger partial charge in [-0.05, 0) is 49.6 Å². The lowest BCUT2D eigenvalue weighted by molar-refractivity contribution is -0.259. The molecule has 0 saturated carbocycles. The van der Waals surface area contributed by atoms with Crippen molar-refractivity contribution in [1.82, 2.24) is 5.06 Å². The van der Waals surface area contributed by atoms with E-state index in [0.717, 1.165) is 22.4 Å². The maximum atomic E-state index is 13.3. The van der Waals surface area contributed by atoms with Gasteiger partial charge in [0.15, 0.2) is 5.60 Å². The van der Waals surface area contributed by atoms with Crippen LogP contribution in [-0.2, 0) is 25.5 Å². The van der Waals surface area contributed by atoms with Crippen molar-refractivity contribution in [2.24, 2.45) is 0 Å². The van der Waals surface area contributed by atoms with Gasteiger partial charge < -0.3 is 14.3 Å². The molecule has 0 unspecified atom stereocenters. The van der Waals surface area contributed by atoms with Gasteiger partial charge in [0.05, 0.1) is 12.6 Å². The first-order valence-corrected chi connectivity index (χ1v) is 10.8. The number of methoxy groups -OCH3 is 1. The number of hydrogen-bond acceptors (Lipinski definition) is 5. The number of rotatable bonds is 5. The number of nitrogens with zero attached hydrogens (tertiary/aromatic N) is 1. The Kier molecular flexibility index (Phi) is 4.66. The molecule has 2 saturated heterocycles. The number of carbonyl (C=O) groups is 1. The van der Waals surface area contributed by atoms with E-state index in [0.29, 0.717) is 0 Å². The molecule has 0 bridgehead atoms. The first-order chi connectivity index (χ1) is 15.3. The van der Waals surface area contributed by atoms with Gasteiger partial charge in [0.1, 0.15) is 11.8 Å². The molecular weight excluding hydrogens is 402 g/mol. The van der Waals surface area contributed by atoms with Gasteiger partial charge in [0.2, 0.25) is 5.60 Å². The van der Waals surface area contributed by atoms with Crippen LogP contribution in [0, 0.1) is 0 Å². The molecule has 2 fully saturated rings. The fourth-order valence-electron chi connectivity index (χ4n) is 4.95. The maximum absolute atomic E-state index is 13.3. The van der Waals surface area contributed by atoms with Gasteiger partial charge in [-0.2, -0.15) is 0 Å². The van der Waals surface area contributed by atoms with Gasteiger partial charge in [-0.1, -0.05) is 72.8 Å². The summed E-state index contributed by atoms with van der Waals surface area (Å²) in [5.41, 5.74) is 0.422. The van der Waals surface area contributed by atoms with E-state index >= 15 is 0 Å². The van der Waals surface area contributed by atoms with Crippen molar-refractivity contribution < 1.29 is 19.1 Å². The van der Waals surface area contributed by atoms with Gasteiger partial charge in [0, 0.05) is 0 Å². The summed E-state index contributed by atoms with van der Waals surface area (Å²) in [6, 6.07) is 27.6. The summed E-state index contributed by atoms with van der Waals surface area (Å²) in [6.07, 6.45) is 0. The Balaban J connectivity index is 1.72. The second kappa shape index (κ2) is 7.19. The molecule has 164 valence electrons. The average Bonchev–Trinajstić information content (AvgIpc) is 3.49. The number of benzene rings is 3. The van der Waals surface area contributed by atoms with Crippen LogP contribution < -0.4 is 4.74 Å². The fraction of sp³-hybridized carbons (Fsp3) is 0.296. The molecule has 5 nitrogen and oxygen atoms in total. The highest BCUT2D eigenvalue weighted by molar-refractivity contribution is 5.86. The lowest BCUT2D eigenvalue weighted by Gasteiger charge is -2.47. The Hall–Kier alpha value is -3.15. The minimum Gasteiger partial charge on any atom is -0.497 e. The topological polar surface area (TPSA) is 51.3 Å². The van der Waals surface area contributed by atoms with Crippen molar-refractivity contribution >= 4 is 5.97 Å². The van der Waals surface area contributed by atoms with Crippen molar-refractivity contribution in [3.8, 4) is 5.75 Å². The van der Waals surface area contributed by atoms with E-state index in [9.17, 15) is 4.79 Å². The molecule has 0 radical (unpaired) electrons. The zero-order valence-corrected chi connectivity index (χ0v) is 18.7. The van der Waals surface area contributed by atoms with Crippen LogP contribution in [0.3, 0.4) is 0 Å². The predicted octanol–water partition coefficient (Wildman–Crippen LogP) is 5.13. The molecule has 5 rings (SSSR count). The third-order valence-corrected chi connectivity index (χ3v) is 6.89. The van der Waals surface area contributed by atoms with Crippen molar-refractivity contribution in [3.63, 3.8) is 0 Å². The molecule has 0 amide bonds. The molecule has 2 aliphatic rings. The van der Waals surface area contributed by atoms with Gasteiger partial charge in [0.25, 0.3) is 0 Å². The standard InChI is InChI=1S/C27H27NO4/c1-25(2,20-11-7-5-8-12-20)28-23(19-15-17-22(30-4)18-16-19)27(21-13-9-6-10-14-21)26(3,32-27)24(29)31-28/h5-18,23H,1-4H3/t23-,26+,27-/m0/s1. The third kappa shape index (κ3) is 2.81. The number of hydrogen-bond donors (Lipinski definition) is 0. The van der Waals surface area contributed by atoms with E-state index in [-0.39, 0.29) is 12.0 Å². The summed E-state index contributed by atoms with van der Waals surface area (Å²) in [7, 11) is 1.65. The second-order valence-electron chi connectivity index (χ2n) is 9.04. The quantitative estimate of drug-likeness (QED) is 0.526. The molecule has 3 aromatic carbocycles. The Morgan fingerprint density at radius 2 is 1.50 bits per heavy atom. The number of fused-ring (bicyclic) bond motifs is 1. The molecular formula is C27H27NO4. The molecule has 3 aromatic rings. The van der Waals surface area contributed by atoms with Crippen molar-refractivity contribution in [2.75, 3.05) is 7.11 Å². The highest BCUT2D eigenvalue weighted by Crippen LogP contribution is 2.68. The Morgan fingerprint density at radius 1 is 0.906 bits per heavy atom. The van der Waals surface area contributed by atoms with Crippen molar-refractivity contribution in [3.05, 3.63) is 102 Å².